The van der Waals surface area contributed by atoms with Gasteiger partial charge in [-0.15, -0.1) is 0 Å². The summed E-state index contributed by atoms with van der Waals surface area (Å²) in [4.78, 5) is 10.6. The van der Waals surface area contributed by atoms with Crippen LogP contribution in [0.5, 0.6) is 5.88 Å². The van der Waals surface area contributed by atoms with Crippen LogP contribution in [0.4, 0.5) is 5.95 Å². The Morgan fingerprint density at radius 2 is 1.65 bits per heavy atom. The van der Waals surface area contributed by atoms with E-state index in [2.05, 4.69) is 41.2 Å². The average molecular weight is 323 g/mol. The first-order valence-electron chi connectivity index (χ1n) is 7.19. The van der Waals surface area contributed by atoms with Gasteiger partial charge in [-0.2, -0.15) is 4.98 Å². The molecule has 0 fully saturated rings. The first-order valence-corrected chi connectivity index (χ1v) is 8.00. The lowest BCUT2D eigenvalue weighted by Gasteiger charge is -2.13. The lowest BCUT2D eigenvalue weighted by molar-refractivity contribution is 0.387. The van der Waals surface area contributed by atoms with Crippen molar-refractivity contribution >= 4 is 17.7 Å². The third-order valence-corrected chi connectivity index (χ3v) is 4.41. The Morgan fingerprint density at radius 1 is 0.957 bits per heavy atom. The number of nitrogen functional groups attached to an aromatic ring is 1. The Bertz CT molecular complexity index is 805. The number of rotatable bonds is 4. The minimum absolute atomic E-state index is 0.203. The molecule has 1 heterocycles. The summed E-state index contributed by atoms with van der Waals surface area (Å²) in [5.74, 6) is 0.691. The first-order chi connectivity index (χ1) is 11.2. The zero-order valence-corrected chi connectivity index (χ0v) is 13.8. The molecule has 0 spiro atoms. The van der Waals surface area contributed by atoms with Crippen LogP contribution in [0.1, 0.15) is 5.56 Å². The summed E-state index contributed by atoms with van der Waals surface area (Å²) in [5, 5.41) is 0. The van der Waals surface area contributed by atoms with E-state index in [-0.39, 0.29) is 5.95 Å². The van der Waals surface area contributed by atoms with Crippen LogP contribution in [-0.4, -0.2) is 17.1 Å². The summed E-state index contributed by atoms with van der Waals surface area (Å²) in [6.07, 6.45) is 0. The molecule has 3 rings (SSSR count). The van der Waals surface area contributed by atoms with Crippen molar-refractivity contribution in [2.45, 2.75) is 16.7 Å². The predicted octanol–water partition coefficient (Wildman–Crippen LogP) is 4.19. The molecule has 0 aliphatic rings. The number of ether oxygens (including phenoxy) is 1. The Labute approximate surface area is 139 Å². The van der Waals surface area contributed by atoms with Crippen LogP contribution in [0.25, 0.3) is 11.3 Å². The summed E-state index contributed by atoms with van der Waals surface area (Å²) < 4.78 is 5.43. The van der Waals surface area contributed by atoms with Crippen LogP contribution in [0.2, 0.25) is 0 Å². The first kappa shape index (κ1) is 15.4. The predicted molar refractivity (Wildman–Crippen MR) is 93.7 cm³/mol. The maximum absolute atomic E-state index is 5.84. The molecule has 2 N–H and O–H groups in total. The van der Waals surface area contributed by atoms with Gasteiger partial charge in [-0.3, -0.25) is 0 Å². The topological polar surface area (TPSA) is 61.0 Å². The number of aromatic nitrogens is 2. The van der Waals surface area contributed by atoms with E-state index >= 15 is 0 Å². The SMILES string of the molecule is COc1nc(N)nc(-c2ccccc2)c1Sc1ccc(C)cc1. The average Bonchev–Trinajstić information content (AvgIpc) is 2.58. The summed E-state index contributed by atoms with van der Waals surface area (Å²) in [7, 11) is 1.59. The van der Waals surface area contributed by atoms with Crippen LogP contribution in [0.3, 0.4) is 0 Å². The van der Waals surface area contributed by atoms with Crippen molar-refractivity contribution in [2.75, 3.05) is 12.8 Å². The fourth-order valence-corrected chi connectivity index (χ4v) is 3.18. The highest BCUT2D eigenvalue weighted by atomic mass is 32.2. The molecule has 0 aliphatic carbocycles. The second kappa shape index (κ2) is 6.71. The van der Waals surface area contributed by atoms with E-state index in [1.807, 2.05) is 30.3 Å². The second-order valence-electron chi connectivity index (χ2n) is 5.05. The van der Waals surface area contributed by atoms with Gasteiger partial charge < -0.3 is 10.5 Å². The van der Waals surface area contributed by atoms with Crippen molar-refractivity contribution in [1.82, 2.24) is 9.97 Å². The van der Waals surface area contributed by atoms with Gasteiger partial charge in [-0.25, -0.2) is 4.98 Å². The van der Waals surface area contributed by atoms with Crippen LogP contribution >= 0.6 is 11.8 Å². The highest BCUT2D eigenvalue weighted by Crippen LogP contribution is 2.40. The van der Waals surface area contributed by atoms with Crippen LogP contribution in [0, 0.1) is 6.92 Å². The van der Waals surface area contributed by atoms with E-state index in [0.717, 1.165) is 21.0 Å². The summed E-state index contributed by atoms with van der Waals surface area (Å²) in [6.45, 7) is 2.07. The fourth-order valence-electron chi connectivity index (χ4n) is 2.19. The lowest BCUT2D eigenvalue weighted by atomic mass is 10.1. The van der Waals surface area contributed by atoms with E-state index in [9.17, 15) is 0 Å². The molecule has 1 aromatic heterocycles. The van der Waals surface area contributed by atoms with Gasteiger partial charge in [0.05, 0.1) is 12.8 Å². The maximum Gasteiger partial charge on any atom is 0.233 e. The molecule has 0 atom stereocenters. The Kier molecular flexibility index (Phi) is 4.48. The molecule has 23 heavy (non-hydrogen) atoms. The molecule has 5 heteroatoms. The Balaban J connectivity index is 2.11. The van der Waals surface area contributed by atoms with Gasteiger partial charge in [0.25, 0.3) is 0 Å². The van der Waals surface area contributed by atoms with E-state index in [4.69, 9.17) is 10.5 Å². The number of hydrogen-bond donors (Lipinski definition) is 1. The zero-order valence-electron chi connectivity index (χ0n) is 13.0. The fraction of sp³-hybridized carbons (Fsp3) is 0.111. The largest absolute Gasteiger partial charge is 0.480 e. The molecule has 0 unspecified atom stereocenters. The Morgan fingerprint density at radius 3 is 2.30 bits per heavy atom. The molecule has 116 valence electrons. The van der Waals surface area contributed by atoms with Crippen LogP contribution < -0.4 is 10.5 Å². The van der Waals surface area contributed by atoms with Gasteiger partial charge in [0.1, 0.15) is 4.90 Å². The highest BCUT2D eigenvalue weighted by molar-refractivity contribution is 7.99. The molecule has 0 aliphatic heterocycles. The Hall–Kier alpha value is -2.53. The van der Waals surface area contributed by atoms with Crippen molar-refractivity contribution in [2.24, 2.45) is 0 Å². The molecular formula is C18H17N3OS. The number of aryl methyl sites for hydroxylation is 1. The second-order valence-corrected chi connectivity index (χ2v) is 6.13. The third kappa shape index (κ3) is 3.46. The molecular weight excluding hydrogens is 306 g/mol. The van der Waals surface area contributed by atoms with E-state index in [1.165, 1.54) is 5.56 Å². The number of benzene rings is 2. The quantitative estimate of drug-likeness (QED) is 0.780. The van der Waals surface area contributed by atoms with Crippen LogP contribution in [-0.2, 0) is 0 Å². The minimum atomic E-state index is 0.203. The van der Waals surface area contributed by atoms with Gasteiger partial charge in [0, 0.05) is 10.5 Å². The number of nitrogens with zero attached hydrogens (tertiary/aromatic N) is 2. The summed E-state index contributed by atoms with van der Waals surface area (Å²) in [6, 6.07) is 18.2. The van der Waals surface area contributed by atoms with Crippen molar-refractivity contribution in [3.63, 3.8) is 0 Å². The van der Waals surface area contributed by atoms with E-state index in [1.54, 1.807) is 18.9 Å². The van der Waals surface area contributed by atoms with Gasteiger partial charge >= 0.3 is 0 Å². The lowest BCUT2D eigenvalue weighted by Crippen LogP contribution is -2.02. The standard InChI is InChI=1S/C18H17N3OS/c1-12-8-10-14(11-9-12)23-16-15(13-6-4-3-5-7-13)20-18(19)21-17(16)22-2/h3-11H,1-2H3,(H2,19,20,21). The van der Waals surface area contributed by atoms with Crippen LogP contribution in [0.15, 0.2) is 64.4 Å². The van der Waals surface area contributed by atoms with Gasteiger partial charge in [0.2, 0.25) is 11.8 Å². The van der Waals surface area contributed by atoms with Gasteiger partial charge in [-0.1, -0.05) is 59.8 Å². The normalized spacial score (nSPS) is 10.5. The van der Waals surface area contributed by atoms with Gasteiger partial charge in [-0.05, 0) is 19.1 Å². The third-order valence-electron chi connectivity index (χ3n) is 3.33. The monoisotopic (exact) mass is 323 g/mol. The molecule has 3 aromatic rings. The highest BCUT2D eigenvalue weighted by Gasteiger charge is 2.17. The van der Waals surface area contributed by atoms with Gasteiger partial charge in [0.15, 0.2) is 0 Å². The molecule has 0 saturated heterocycles. The number of methoxy groups -OCH3 is 1. The number of hydrogen-bond acceptors (Lipinski definition) is 5. The van der Waals surface area contributed by atoms with Crippen molar-refractivity contribution in [3.05, 3.63) is 60.2 Å². The van der Waals surface area contributed by atoms with Crippen molar-refractivity contribution < 1.29 is 4.74 Å². The molecule has 2 aromatic carbocycles. The molecule has 0 bridgehead atoms. The molecule has 4 nitrogen and oxygen atoms in total. The smallest absolute Gasteiger partial charge is 0.233 e. The molecule has 0 radical (unpaired) electrons. The minimum Gasteiger partial charge on any atom is -0.480 e. The molecule has 0 saturated carbocycles. The molecule has 0 amide bonds. The summed E-state index contributed by atoms with van der Waals surface area (Å²) in [5.41, 5.74) is 8.82. The maximum atomic E-state index is 5.84. The van der Waals surface area contributed by atoms with E-state index < -0.39 is 0 Å². The number of nitrogens with two attached hydrogens (primary N) is 1. The zero-order chi connectivity index (χ0) is 16.2. The number of anilines is 1. The summed E-state index contributed by atoms with van der Waals surface area (Å²) >= 11 is 1.57. The van der Waals surface area contributed by atoms with E-state index in [0.29, 0.717) is 5.88 Å². The van der Waals surface area contributed by atoms with Crippen molar-refractivity contribution in [3.8, 4) is 17.1 Å². The van der Waals surface area contributed by atoms with Crippen molar-refractivity contribution in [1.29, 1.82) is 0 Å².